The van der Waals surface area contributed by atoms with Gasteiger partial charge >= 0.3 is 7.12 Å². The van der Waals surface area contributed by atoms with Crippen molar-refractivity contribution >= 4 is 24.4 Å². The molecule has 0 radical (unpaired) electrons. The van der Waals surface area contributed by atoms with Crippen LogP contribution in [0.3, 0.4) is 0 Å². The summed E-state index contributed by atoms with van der Waals surface area (Å²) in [6.45, 7) is 8.11. The predicted octanol–water partition coefficient (Wildman–Crippen LogP) is 2.18. The fraction of sp³-hybridized carbons (Fsp3) is 0.350. The van der Waals surface area contributed by atoms with Crippen LogP contribution in [0.1, 0.15) is 54.0 Å². The summed E-state index contributed by atoms with van der Waals surface area (Å²) in [6.07, 6.45) is 3.31. The Morgan fingerprint density at radius 2 is 1.67 bits per heavy atom. The Labute approximate surface area is 158 Å². The van der Waals surface area contributed by atoms with E-state index in [-0.39, 0.29) is 18.4 Å². The van der Waals surface area contributed by atoms with E-state index in [1.54, 1.807) is 36.7 Å². The Kier molecular flexibility index (Phi) is 3.98. The van der Waals surface area contributed by atoms with Crippen LogP contribution in [-0.4, -0.2) is 40.0 Å². The van der Waals surface area contributed by atoms with E-state index < -0.39 is 18.3 Å². The van der Waals surface area contributed by atoms with E-state index in [1.807, 2.05) is 33.8 Å². The molecule has 2 amide bonds. The first-order chi connectivity index (χ1) is 12.7. The molecular formula is C20H21BN2O4. The minimum Gasteiger partial charge on any atom is -0.399 e. The van der Waals surface area contributed by atoms with E-state index in [0.29, 0.717) is 11.1 Å². The monoisotopic (exact) mass is 364 g/mol. The van der Waals surface area contributed by atoms with Crippen molar-refractivity contribution in [3.63, 3.8) is 0 Å². The van der Waals surface area contributed by atoms with Gasteiger partial charge < -0.3 is 9.31 Å². The number of rotatable bonds is 3. The number of carbonyl (C=O) groups is 2. The zero-order chi connectivity index (χ0) is 19.4. The van der Waals surface area contributed by atoms with Crippen LogP contribution in [0.5, 0.6) is 0 Å². The van der Waals surface area contributed by atoms with Crippen LogP contribution < -0.4 is 5.46 Å². The summed E-state index contributed by atoms with van der Waals surface area (Å²) >= 11 is 0. The Hall–Kier alpha value is -2.51. The van der Waals surface area contributed by atoms with E-state index in [0.717, 1.165) is 11.0 Å². The van der Waals surface area contributed by atoms with Crippen molar-refractivity contribution in [3.8, 4) is 0 Å². The number of hydrogen-bond donors (Lipinski definition) is 0. The zero-order valence-corrected chi connectivity index (χ0v) is 15.9. The van der Waals surface area contributed by atoms with Crippen molar-refractivity contribution < 1.29 is 18.9 Å². The molecule has 27 heavy (non-hydrogen) atoms. The third-order valence-electron chi connectivity index (χ3n) is 5.58. The largest absolute Gasteiger partial charge is 0.494 e. The molecule has 2 aliphatic heterocycles. The number of imide groups is 1. The van der Waals surface area contributed by atoms with Gasteiger partial charge in [-0.15, -0.1) is 0 Å². The quantitative estimate of drug-likeness (QED) is 0.617. The zero-order valence-electron chi connectivity index (χ0n) is 15.9. The van der Waals surface area contributed by atoms with Crippen molar-refractivity contribution in [3.05, 3.63) is 59.4 Å². The number of aromatic nitrogens is 1. The van der Waals surface area contributed by atoms with E-state index >= 15 is 0 Å². The van der Waals surface area contributed by atoms with Gasteiger partial charge in [-0.1, -0.05) is 12.1 Å². The highest BCUT2D eigenvalue weighted by Gasteiger charge is 2.52. The SMILES string of the molecule is CC1(C)OB(c2ccc3c(c2)C(=O)N(Cc2cccnc2)C3=O)OC1(C)C. The van der Waals surface area contributed by atoms with Crippen LogP contribution >= 0.6 is 0 Å². The summed E-state index contributed by atoms with van der Waals surface area (Å²) in [6, 6.07) is 8.80. The molecule has 6 nitrogen and oxygen atoms in total. The van der Waals surface area contributed by atoms with Crippen LogP contribution in [0.4, 0.5) is 0 Å². The van der Waals surface area contributed by atoms with Crippen molar-refractivity contribution in [2.24, 2.45) is 0 Å². The second-order valence-electron chi connectivity index (χ2n) is 7.95. The average molecular weight is 364 g/mol. The first-order valence-corrected chi connectivity index (χ1v) is 8.94. The van der Waals surface area contributed by atoms with Gasteiger partial charge in [-0.05, 0) is 56.9 Å². The number of pyridine rings is 1. The van der Waals surface area contributed by atoms with Gasteiger partial charge in [-0.25, -0.2) is 0 Å². The number of hydrogen-bond acceptors (Lipinski definition) is 5. The van der Waals surface area contributed by atoms with Gasteiger partial charge in [-0.3, -0.25) is 19.5 Å². The molecule has 0 atom stereocenters. The Morgan fingerprint density at radius 3 is 2.30 bits per heavy atom. The van der Waals surface area contributed by atoms with Gasteiger partial charge in [0.15, 0.2) is 0 Å². The molecule has 0 N–H and O–H groups in total. The van der Waals surface area contributed by atoms with E-state index in [2.05, 4.69) is 4.98 Å². The summed E-state index contributed by atoms with van der Waals surface area (Å²) in [5.74, 6) is -0.600. The summed E-state index contributed by atoms with van der Waals surface area (Å²) in [7, 11) is -0.574. The van der Waals surface area contributed by atoms with Crippen molar-refractivity contribution in [1.82, 2.24) is 9.88 Å². The van der Waals surface area contributed by atoms with Gasteiger partial charge in [0.05, 0.1) is 28.9 Å². The fourth-order valence-corrected chi connectivity index (χ4v) is 3.25. The van der Waals surface area contributed by atoms with Crippen LogP contribution in [0.2, 0.25) is 0 Å². The molecule has 1 fully saturated rings. The number of carbonyl (C=O) groups excluding carboxylic acids is 2. The number of fused-ring (bicyclic) bond motifs is 1. The second-order valence-corrected chi connectivity index (χ2v) is 7.95. The molecule has 0 unspecified atom stereocenters. The van der Waals surface area contributed by atoms with Crippen molar-refractivity contribution in [2.45, 2.75) is 45.4 Å². The third-order valence-corrected chi connectivity index (χ3v) is 5.58. The smallest absolute Gasteiger partial charge is 0.399 e. The molecule has 4 rings (SSSR count). The highest BCUT2D eigenvalue weighted by atomic mass is 16.7. The summed E-state index contributed by atoms with van der Waals surface area (Å²) < 4.78 is 12.1. The maximum atomic E-state index is 12.8. The molecule has 3 heterocycles. The van der Waals surface area contributed by atoms with Crippen LogP contribution in [0.25, 0.3) is 0 Å². The molecule has 0 aliphatic carbocycles. The Balaban J connectivity index is 1.62. The normalized spacial score (nSPS) is 20.3. The molecule has 0 saturated carbocycles. The maximum absolute atomic E-state index is 12.8. The molecule has 7 heteroatoms. The van der Waals surface area contributed by atoms with Gasteiger partial charge in [0.1, 0.15) is 0 Å². The van der Waals surface area contributed by atoms with Gasteiger partial charge in [0.25, 0.3) is 11.8 Å². The highest BCUT2D eigenvalue weighted by molar-refractivity contribution is 6.62. The summed E-state index contributed by atoms with van der Waals surface area (Å²) in [5.41, 5.74) is 1.39. The summed E-state index contributed by atoms with van der Waals surface area (Å²) in [4.78, 5) is 30.8. The molecule has 2 aromatic rings. The lowest BCUT2D eigenvalue weighted by Crippen LogP contribution is -2.41. The first kappa shape index (κ1) is 17.9. The molecule has 1 saturated heterocycles. The lowest BCUT2D eigenvalue weighted by atomic mass is 9.78. The second kappa shape index (κ2) is 6.01. The molecule has 0 bridgehead atoms. The predicted molar refractivity (Wildman–Crippen MR) is 101 cm³/mol. The minimum absolute atomic E-state index is 0.200. The Bertz CT molecular complexity index is 911. The topological polar surface area (TPSA) is 68.7 Å². The number of benzene rings is 1. The lowest BCUT2D eigenvalue weighted by molar-refractivity contribution is 0.00578. The standard InChI is InChI=1S/C20H21BN2O4/c1-19(2)20(3,4)27-21(26-19)14-7-8-15-16(10-14)18(25)23(17(15)24)12-13-6-5-9-22-11-13/h5-11H,12H2,1-4H3. The van der Waals surface area contributed by atoms with E-state index in [9.17, 15) is 9.59 Å². The Morgan fingerprint density at radius 1 is 1.00 bits per heavy atom. The molecule has 2 aliphatic rings. The van der Waals surface area contributed by atoms with Gasteiger partial charge in [0.2, 0.25) is 0 Å². The number of nitrogens with zero attached hydrogens (tertiary/aromatic N) is 2. The van der Waals surface area contributed by atoms with Gasteiger partial charge in [0, 0.05) is 12.4 Å². The molecular weight excluding hydrogens is 343 g/mol. The van der Waals surface area contributed by atoms with Crippen LogP contribution in [-0.2, 0) is 15.9 Å². The summed E-state index contributed by atoms with van der Waals surface area (Å²) in [5, 5.41) is 0. The third kappa shape index (κ3) is 2.87. The highest BCUT2D eigenvalue weighted by Crippen LogP contribution is 2.36. The van der Waals surface area contributed by atoms with E-state index in [4.69, 9.17) is 9.31 Å². The fourth-order valence-electron chi connectivity index (χ4n) is 3.25. The first-order valence-electron chi connectivity index (χ1n) is 8.94. The van der Waals surface area contributed by atoms with Crippen molar-refractivity contribution in [1.29, 1.82) is 0 Å². The minimum atomic E-state index is -0.574. The van der Waals surface area contributed by atoms with Crippen LogP contribution in [0, 0.1) is 0 Å². The average Bonchev–Trinajstić information content (AvgIpc) is 2.99. The van der Waals surface area contributed by atoms with Crippen LogP contribution in [0.15, 0.2) is 42.7 Å². The number of amides is 2. The maximum Gasteiger partial charge on any atom is 0.494 e. The lowest BCUT2D eigenvalue weighted by Gasteiger charge is -2.32. The molecule has 1 aromatic carbocycles. The van der Waals surface area contributed by atoms with Gasteiger partial charge in [-0.2, -0.15) is 0 Å². The molecule has 1 aromatic heterocycles. The van der Waals surface area contributed by atoms with E-state index in [1.165, 1.54) is 4.90 Å². The molecule has 138 valence electrons. The van der Waals surface area contributed by atoms with Crippen molar-refractivity contribution in [2.75, 3.05) is 0 Å². The molecule has 0 spiro atoms.